The standard InChI is InChI=1S/C45H26N2S4/c1-6-17-38-29(12-1)30-20-21-37-41(42(30)51-38)45(32-22-24-48-43(32)44-33(45)23-25-49-44)31-13-2-3-14-34(31)46(37)27-10-9-11-28(26-27)47-35-15-4-7-18-39(35)50-40-19-8-5-16-36(40)47/h1-26H. The fourth-order valence-electron chi connectivity index (χ4n) is 8.87. The van der Waals surface area contributed by atoms with Crippen molar-refractivity contribution in [2.45, 2.75) is 15.2 Å². The van der Waals surface area contributed by atoms with Crippen molar-refractivity contribution in [2.75, 3.05) is 9.80 Å². The molecule has 51 heavy (non-hydrogen) atoms. The number of hydrogen-bond donors (Lipinski definition) is 0. The summed E-state index contributed by atoms with van der Waals surface area (Å²) in [5.74, 6) is 0. The first-order valence-corrected chi connectivity index (χ1v) is 20.5. The molecular weight excluding hydrogens is 697 g/mol. The third-order valence-electron chi connectivity index (χ3n) is 10.8. The second-order valence-electron chi connectivity index (χ2n) is 13.3. The smallest absolute Gasteiger partial charge is 0.0785 e. The predicted octanol–water partition coefficient (Wildman–Crippen LogP) is 14.3. The van der Waals surface area contributed by atoms with Crippen molar-refractivity contribution in [3.8, 4) is 9.75 Å². The number of benzene rings is 6. The van der Waals surface area contributed by atoms with Crippen LogP contribution in [0.1, 0.15) is 22.3 Å². The molecule has 240 valence electrons. The van der Waals surface area contributed by atoms with Gasteiger partial charge in [-0.25, -0.2) is 0 Å². The van der Waals surface area contributed by atoms with Gasteiger partial charge in [0.15, 0.2) is 0 Å². The van der Waals surface area contributed by atoms with Gasteiger partial charge in [0.05, 0.1) is 28.2 Å². The molecule has 1 aliphatic carbocycles. The number of rotatable bonds is 2. The monoisotopic (exact) mass is 722 g/mol. The Morgan fingerprint density at radius 1 is 0.451 bits per heavy atom. The molecule has 3 aliphatic rings. The van der Waals surface area contributed by atoms with E-state index in [-0.39, 0.29) is 0 Å². The number of anilines is 6. The van der Waals surface area contributed by atoms with Gasteiger partial charge in [-0.1, -0.05) is 84.6 Å². The van der Waals surface area contributed by atoms with Crippen LogP contribution in [0.3, 0.4) is 0 Å². The Morgan fingerprint density at radius 3 is 1.78 bits per heavy atom. The molecule has 3 aromatic heterocycles. The van der Waals surface area contributed by atoms with Crippen LogP contribution < -0.4 is 9.80 Å². The average Bonchev–Trinajstić information content (AvgIpc) is 3.98. The maximum absolute atomic E-state index is 2.54. The highest BCUT2D eigenvalue weighted by Gasteiger charge is 2.54. The SMILES string of the molecule is c1cc(N2c3ccccc3Sc3ccccc32)cc(N2c3ccccc3C3(c4ccsc4-c4sccc43)c3c2ccc2c3sc3ccccc32)c1. The molecule has 0 unspecified atom stereocenters. The van der Waals surface area contributed by atoms with E-state index in [1.165, 1.54) is 84.7 Å². The van der Waals surface area contributed by atoms with Crippen LogP contribution in [0, 0.1) is 0 Å². The van der Waals surface area contributed by atoms with Gasteiger partial charge in [0.2, 0.25) is 0 Å². The van der Waals surface area contributed by atoms with Crippen LogP contribution in [0.4, 0.5) is 34.1 Å². The summed E-state index contributed by atoms with van der Waals surface area (Å²) in [5, 5.41) is 7.26. The lowest BCUT2D eigenvalue weighted by molar-refractivity contribution is 0.765. The second-order valence-corrected chi connectivity index (χ2v) is 17.2. The number of thiophene rings is 3. The van der Waals surface area contributed by atoms with Gasteiger partial charge in [0, 0.05) is 56.7 Å². The highest BCUT2D eigenvalue weighted by atomic mass is 32.2. The van der Waals surface area contributed by atoms with E-state index in [0.29, 0.717) is 0 Å². The van der Waals surface area contributed by atoms with Gasteiger partial charge in [-0.15, -0.1) is 34.0 Å². The molecule has 6 heteroatoms. The number of hydrogen-bond acceptors (Lipinski definition) is 6. The van der Waals surface area contributed by atoms with Crippen LogP contribution in [-0.4, -0.2) is 0 Å². The second kappa shape index (κ2) is 10.5. The Balaban J connectivity index is 1.17. The van der Waals surface area contributed by atoms with E-state index in [4.69, 9.17) is 0 Å². The highest BCUT2D eigenvalue weighted by molar-refractivity contribution is 7.99. The van der Waals surface area contributed by atoms with Crippen molar-refractivity contribution in [1.82, 2.24) is 0 Å². The highest BCUT2D eigenvalue weighted by Crippen LogP contribution is 2.67. The molecule has 9 aromatic rings. The molecular formula is C45H26N2S4. The Hall–Kier alpha value is -5.11. The zero-order valence-corrected chi connectivity index (χ0v) is 30.3. The number of para-hydroxylation sites is 3. The van der Waals surface area contributed by atoms with Gasteiger partial charge in [-0.3, -0.25) is 0 Å². The molecule has 1 spiro atoms. The van der Waals surface area contributed by atoms with Crippen molar-refractivity contribution in [3.63, 3.8) is 0 Å². The quantitative estimate of drug-likeness (QED) is 0.175. The molecule has 6 aromatic carbocycles. The van der Waals surface area contributed by atoms with E-state index in [1.807, 2.05) is 45.8 Å². The van der Waals surface area contributed by atoms with Crippen LogP contribution in [0.5, 0.6) is 0 Å². The first kappa shape index (κ1) is 28.6. The van der Waals surface area contributed by atoms with Crippen LogP contribution in [0.25, 0.3) is 29.9 Å². The Kier molecular flexibility index (Phi) is 5.86. The first-order chi connectivity index (χ1) is 25.3. The molecule has 0 N–H and O–H groups in total. The van der Waals surface area contributed by atoms with E-state index in [0.717, 1.165) is 11.4 Å². The van der Waals surface area contributed by atoms with Gasteiger partial charge in [0.25, 0.3) is 0 Å². The largest absolute Gasteiger partial charge is 0.310 e. The maximum atomic E-state index is 2.54. The molecule has 2 nitrogen and oxygen atoms in total. The minimum Gasteiger partial charge on any atom is -0.310 e. The van der Waals surface area contributed by atoms with Crippen LogP contribution in [0.2, 0.25) is 0 Å². The minimum atomic E-state index is -0.410. The summed E-state index contributed by atoms with van der Waals surface area (Å²) in [4.78, 5) is 10.3. The van der Waals surface area contributed by atoms with Gasteiger partial charge >= 0.3 is 0 Å². The molecule has 0 fully saturated rings. The summed E-state index contributed by atoms with van der Waals surface area (Å²) < 4.78 is 2.70. The molecule has 0 saturated heterocycles. The molecule has 0 radical (unpaired) electrons. The number of nitrogens with zero attached hydrogens (tertiary/aromatic N) is 2. The first-order valence-electron chi connectivity index (χ1n) is 17.1. The average molecular weight is 723 g/mol. The van der Waals surface area contributed by atoms with E-state index in [2.05, 4.69) is 166 Å². The molecule has 0 bridgehead atoms. The van der Waals surface area contributed by atoms with E-state index in [9.17, 15) is 0 Å². The third kappa shape index (κ3) is 3.68. The van der Waals surface area contributed by atoms with Crippen LogP contribution in [0.15, 0.2) is 166 Å². The lowest BCUT2D eigenvalue weighted by Crippen LogP contribution is -2.36. The van der Waals surface area contributed by atoms with Crippen molar-refractivity contribution in [1.29, 1.82) is 0 Å². The molecule has 0 atom stereocenters. The van der Waals surface area contributed by atoms with E-state index in [1.54, 1.807) is 0 Å². The van der Waals surface area contributed by atoms with Gasteiger partial charge in [-0.2, -0.15) is 0 Å². The molecule has 12 rings (SSSR count). The fourth-order valence-corrected chi connectivity index (χ4v) is 13.3. The normalized spacial score (nSPS) is 14.7. The predicted molar refractivity (Wildman–Crippen MR) is 219 cm³/mol. The van der Waals surface area contributed by atoms with Gasteiger partial charge in [-0.05, 0) is 100 Å². The topological polar surface area (TPSA) is 6.48 Å². The molecule has 2 aliphatic heterocycles. The molecule has 0 saturated carbocycles. The Labute approximate surface area is 311 Å². The fraction of sp³-hybridized carbons (Fsp3) is 0.0222. The van der Waals surface area contributed by atoms with Crippen molar-refractivity contribution in [2.24, 2.45) is 0 Å². The summed E-state index contributed by atoms with van der Waals surface area (Å²) in [5.41, 5.74) is 12.4. The lowest BCUT2D eigenvalue weighted by atomic mass is 9.65. The van der Waals surface area contributed by atoms with Crippen molar-refractivity contribution >= 4 is 100 Å². The minimum absolute atomic E-state index is 0.410. The number of fused-ring (bicyclic) bond motifs is 15. The molecule has 5 heterocycles. The zero-order chi connectivity index (χ0) is 33.3. The van der Waals surface area contributed by atoms with Crippen LogP contribution in [-0.2, 0) is 5.41 Å². The molecule has 0 amide bonds. The van der Waals surface area contributed by atoms with Crippen molar-refractivity contribution in [3.05, 3.63) is 179 Å². The summed E-state index contributed by atoms with van der Waals surface area (Å²) in [6.07, 6.45) is 0. The summed E-state index contributed by atoms with van der Waals surface area (Å²) in [7, 11) is 0. The lowest BCUT2D eigenvalue weighted by Gasteiger charge is -2.45. The third-order valence-corrected chi connectivity index (χ3v) is 15.1. The van der Waals surface area contributed by atoms with Gasteiger partial charge in [0.1, 0.15) is 0 Å². The Morgan fingerprint density at radius 2 is 1.06 bits per heavy atom. The summed E-state index contributed by atoms with van der Waals surface area (Å²) in [6, 6.07) is 54.4. The van der Waals surface area contributed by atoms with E-state index < -0.39 is 5.41 Å². The van der Waals surface area contributed by atoms with Crippen molar-refractivity contribution < 1.29 is 0 Å². The summed E-state index contributed by atoms with van der Waals surface area (Å²) >= 11 is 7.56. The zero-order valence-electron chi connectivity index (χ0n) is 27.0. The van der Waals surface area contributed by atoms with E-state index >= 15 is 0 Å². The van der Waals surface area contributed by atoms with Crippen LogP contribution >= 0.6 is 45.8 Å². The maximum Gasteiger partial charge on any atom is 0.0785 e. The van der Waals surface area contributed by atoms with Gasteiger partial charge < -0.3 is 9.80 Å². The summed E-state index contributed by atoms with van der Waals surface area (Å²) in [6.45, 7) is 0. The Bertz CT molecular complexity index is 2810.